The van der Waals surface area contributed by atoms with Crippen LogP contribution in [-0.4, -0.2) is 42.9 Å². The summed E-state index contributed by atoms with van der Waals surface area (Å²) in [7, 11) is 1.64. The summed E-state index contributed by atoms with van der Waals surface area (Å²) in [6.45, 7) is 1.33. The van der Waals surface area contributed by atoms with E-state index in [-0.39, 0.29) is 11.9 Å². The van der Waals surface area contributed by atoms with Gasteiger partial charge < -0.3 is 19.1 Å². The Balaban J connectivity index is 1.53. The average Bonchev–Trinajstić information content (AvgIpc) is 3.20. The van der Waals surface area contributed by atoms with Gasteiger partial charge in [0.15, 0.2) is 0 Å². The molecule has 0 bridgehead atoms. The number of carbonyl (C=O) groups excluding carboxylic acids is 1. The molecule has 1 aromatic rings. The number of nitrogens with zero attached hydrogens (tertiary/aromatic N) is 1. The smallest absolute Gasteiger partial charge is 0.311 e. The van der Waals surface area contributed by atoms with Gasteiger partial charge in [-0.3, -0.25) is 4.79 Å². The van der Waals surface area contributed by atoms with E-state index in [0.717, 1.165) is 30.7 Å². The molecule has 4 rings (SSSR count). The number of rotatable bonds is 2. The Morgan fingerprint density at radius 3 is 2.96 bits per heavy atom. The first-order chi connectivity index (χ1) is 11.2. The van der Waals surface area contributed by atoms with Gasteiger partial charge in [0.1, 0.15) is 11.5 Å². The third kappa shape index (κ3) is 2.41. The summed E-state index contributed by atoms with van der Waals surface area (Å²) in [6, 6.07) is 7.86. The molecule has 3 heterocycles. The van der Waals surface area contributed by atoms with Crippen LogP contribution in [0.25, 0.3) is 6.08 Å². The number of hydrogen-bond acceptors (Lipinski definition) is 4. The van der Waals surface area contributed by atoms with Crippen LogP contribution >= 0.6 is 0 Å². The lowest BCUT2D eigenvalue weighted by molar-refractivity contribution is -0.219. The Hall–Kier alpha value is -2.27. The summed E-state index contributed by atoms with van der Waals surface area (Å²) in [6.07, 6.45) is 7.46. The Morgan fingerprint density at radius 2 is 2.17 bits per heavy atom. The standard InChI is InChI=1S/C18H19NO4/c1-21-15-6-4-13(5-7-15)11-16-8-9-18(23-16)17(20)19-10-2-3-14(19)12-22-18/h4-9,11,14H,2-3,10,12H2,1H3/b16-11-/t14-,18-/m0/s1. The molecule has 0 aliphatic carbocycles. The first-order valence-corrected chi connectivity index (χ1v) is 7.89. The molecule has 3 aliphatic rings. The molecule has 5 nitrogen and oxygen atoms in total. The molecule has 1 amide bonds. The molecule has 1 aromatic carbocycles. The number of hydrogen-bond donors (Lipinski definition) is 0. The minimum Gasteiger partial charge on any atom is -0.497 e. The highest BCUT2D eigenvalue weighted by Gasteiger charge is 2.52. The van der Waals surface area contributed by atoms with Crippen LogP contribution in [0, 0.1) is 0 Å². The van der Waals surface area contributed by atoms with Crippen LogP contribution < -0.4 is 4.74 Å². The first kappa shape index (κ1) is 14.3. The fourth-order valence-corrected chi connectivity index (χ4v) is 3.33. The van der Waals surface area contributed by atoms with E-state index >= 15 is 0 Å². The lowest BCUT2D eigenvalue weighted by Gasteiger charge is -2.39. The zero-order valence-corrected chi connectivity index (χ0v) is 13.0. The quantitative estimate of drug-likeness (QED) is 0.841. The molecule has 0 N–H and O–H groups in total. The number of fused-ring (bicyclic) bond motifs is 1. The number of morpholine rings is 1. The van der Waals surface area contributed by atoms with Crippen molar-refractivity contribution in [1.82, 2.24) is 4.90 Å². The number of methoxy groups -OCH3 is 1. The largest absolute Gasteiger partial charge is 0.497 e. The second-order valence-corrected chi connectivity index (χ2v) is 6.03. The van der Waals surface area contributed by atoms with E-state index in [1.807, 2.05) is 35.2 Å². The van der Waals surface area contributed by atoms with Crippen molar-refractivity contribution in [3.05, 3.63) is 47.7 Å². The van der Waals surface area contributed by atoms with Crippen LogP contribution in [0.2, 0.25) is 0 Å². The molecule has 120 valence electrons. The van der Waals surface area contributed by atoms with Crippen molar-refractivity contribution in [2.45, 2.75) is 24.7 Å². The van der Waals surface area contributed by atoms with Crippen LogP contribution in [0.5, 0.6) is 5.75 Å². The van der Waals surface area contributed by atoms with Gasteiger partial charge in [-0.05, 0) is 42.7 Å². The Labute approximate surface area is 135 Å². The summed E-state index contributed by atoms with van der Waals surface area (Å²) in [5, 5.41) is 0. The molecule has 23 heavy (non-hydrogen) atoms. The summed E-state index contributed by atoms with van der Waals surface area (Å²) in [5.74, 6) is 0.0817. The maximum Gasteiger partial charge on any atom is 0.311 e. The van der Waals surface area contributed by atoms with Gasteiger partial charge in [0, 0.05) is 12.6 Å². The van der Waals surface area contributed by atoms with Crippen molar-refractivity contribution < 1.29 is 19.0 Å². The van der Waals surface area contributed by atoms with E-state index < -0.39 is 5.79 Å². The van der Waals surface area contributed by atoms with Crippen molar-refractivity contribution >= 4 is 12.0 Å². The number of amides is 1. The molecule has 2 fully saturated rings. The first-order valence-electron chi connectivity index (χ1n) is 7.89. The van der Waals surface area contributed by atoms with E-state index in [1.165, 1.54) is 0 Å². The van der Waals surface area contributed by atoms with Gasteiger partial charge in [-0.15, -0.1) is 0 Å². The van der Waals surface area contributed by atoms with E-state index in [4.69, 9.17) is 14.2 Å². The maximum absolute atomic E-state index is 12.7. The predicted molar refractivity (Wildman–Crippen MR) is 84.6 cm³/mol. The van der Waals surface area contributed by atoms with Crippen molar-refractivity contribution in [2.24, 2.45) is 0 Å². The number of ether oxygens (including phenoxy) is 3. The van der Waals surface area contributed by atoms with Gasteiger partial charge in [-0.25, -0.2) is 0 Å². The molecule has 0 unspecified atom stereocenters. The Bertz CT molecular complexity index is 679. The fraction of sp³-hybridized carbons (Fsp3) is 0.389. The summed E-state index contributed by atoms with van der Waals surface area (Å²) < 4.78 is 16.8. The molecule has 2 atom stereocenters. The van der Waals surface area contributed by atoms with Gasteiger partial charge in [0.25, 0.3) is 5.91 Å². The van der Waals surface area contributed by atoms with Crippen molar-refractivity contribution in [2.75, 3.05) is 20.3 Å². The van der Waals surface area contributed by atoms with Gasteiger partial charge in [0.05, 0.1) is 19.8 Å². The zero-order valence-electron chi connectivity index (χ0n) is 13.0. The minimum atomic E-state index is -1.26. The lowest BCUT2D eigenvalue weighted by atomic mass is 10.1. The van der Waals surface area contributed by atoms with Crippen LogP contribution in [0.4, 0.5) is 0 Å². The summed E-state index contributed by atoms with van der Waals surface area (Å²) >= 11 is 0. The molecular weight excluding hydrogens is 294 g/mol. The van der Waals surface area contributed by atoms with Gasteiger partial charge >= 0.3 is 5.79 Å². The minimum absolute atomic E-state index is 0.0827. The maximum atomic E-state index is 12.7. The van der Waals surface area contributed by atoms with Crippen LogP contribution in [-0.2, 0) is 14.3 Å². The summed E-state index contributed by atoms with van der Waals surface area (Å²) in [4.78, 5) is 14.6. The molecule has 5 heteroatoms. The van der Waals surface area contributed by atoms with Crippen LogP contribution in [0.3, 0.4) is 0 Å². The second-order valence-electron chi connectivity index (χ2n) is 6.03. The Morgan fingerprint density at radius 1 is 1.35 bits per heavy atom. The fourth-order valence-electron chi connectivity index (χ4n) is 3.33. The normalized spacial score (nSPS) is 30.8. The molecular formula is C18H19NO4. The van der Waals surface area contributed by atoms with E-state index in [1.54, 1.807) is 19.3 Å². The van der Waals surface area contributed by atoms with E-state index in [0.29, 0.717) is 12.4 Å². The number of benzene rings is 1. The molecule has 2 saturated heterocycles. The van der Waals surface area contributed by atoms with Crippen molar-refractivity contribution in [3.8, 4) is 5.75 Å². The average molecular weight is 313 g/mol. The van der Waals surface area contributed by atoms with Crippen molar-refractivity contribution in [1.29, 1.82) is 0 Å². The van der Waals surface area contributed by atoms with Gasteiger partial charge in [-0.1, -0.05) is 12.1 Å². The highest BCUT2D eigenvalue weighted by Crippen LogP contribution is 2.37. The van der Waals surface area contributed by atoms with Crippen LogP contribution in [0.1, 0.15) is 18.4 Å². The topological polar surface area (TPSA) is 48.0 Å². The van der Waals surface area contributed by atoms with Crippen LogP contribution in [0.15, 0.2) is 42.2 Å². The number of allylic oxidation sites excluding steroid dienone is 1. The van der Waals surface area contributed by atoms with Gasteiger partial charge in [0.2, 0.25) is 0 Å². The lowest BCUT2D eigenvalue weighted by Crippen LogP contribution is -2.58. The van der Waals surface area contributed by atoms with Gasteiger partial charge in [-0.2, -0.15) is 0 Å². The number of carbonyl (C=O) groups is 1. The molecule has 0 saturated carbocycles. The zero-order chi connectivity index (χ0) is 15.9. The third-order valence-corrected chi connectivity index (χ3v) is 4.59. The van der Waals surface area contributed by atoms with Crippen molar-refractivity contribution in [3.63, 3.8) is 0 Å². The highest BCUT2D eigenvalue weighted by molar-refractivity contribution is 5.88. The SMILES string of the molecule is COc1ccc(/C=C2/C=C[C@]3(OC[C@@H]4CCCN4C3=O)O2)cc1. The third-order valence-electron chi connectivity index (χ3n) is 4.59. The second kappa shape index (κ2) is 5.42. The highest BCUT2D eigenvalue weighted by atomic mass is 16.7. The summed E-state index contributed by atoms with van der Waals surface area (Å²) in [5.41, 5.74) is 0.977. The monoisotopic (exact) mass is 313 g/mol. The molecule has 0 radical (unpaired) electrons. The van der Waals surface area contributed by atoms with E-state index in [9.17, 15) is 4.79 Å². The molecule has 0 aromatic heterocycles. The Kier molecular flexibility index (Phi) is 3.38. The predicted octanol–water partition coefficient (Wildman–Crippen LogP) is 2.34. The van der Waals surface area contributed by atoms with E-state index in [2.05, 4.69) is 0 Å². The molecule has 1 spiro atoms. The molecule has 3 aliphatic heterocycles.